The summed E-state index contributed by atoms with van der Waals surface area (Å²) in [6.45, 7) is 0. The summed E-state index contributed by atoms with van der Waals surface area (Å²) in [5.74, 6) is -0.620. The Morgan fingerprint density at radius 1 is 1.17 bits per heavy atom. The molecule has 6 heteroatoms. The number of nitrogens with zero attached hydrogens (tertiary/aromatic N) is 1. The highest BCUT2D eigenvalue weighted by Gasteiger charge is 2.08. The second-order valence-electron chi connectivity index (χ2n) is 4.89. The van der Waals surface area contributed by atoms with Crippen LogP contribution in [-0.4, -0.2) is 10.9 Å². The van der Waals surface area contributed by atoms with E-state index < -0.39 is 0 Å². The van der Waals surface area contributed by atoms with Gasteiger partial charge in [0, 0.05) is 22.0 Å². The van der Waals surface area contributed by atoms with Gasteiger partial charge >= 0.3 is 0 Å². The van der Waals surface area contributed by atoms with E-state index in [1.165, 1.54) is 29.5 Å². The van der Waals surface area contributed by atoms with Crippen molar-refractivity contribution in [2.24, 2.45) is 0 Å². The molecule has 0 radical (unpaired) electrons. The molecule has 0 aliphatic heterocycles. The van der Waals surface area contributed by atoms with Gasteiger partial charge in [0.25, 0.3) is 0 Å². The highest BCUT2D eigenvalue weighted by atomic mass is 35.5. The Bertz CT molecular complexity index is 890. The van der Waals surface area contributed by atoms with Gasteiger partial charge in [-0.15, -0.1) is 11.3 Å². The lowest BCUT2D eigenvalue weighted by molar-refractivity contribution is -0.111. The van der Waals surface area contributed by atoms with Crippen LogP contribution in [0.5, 0.6) is 0 Å². The average Bonchev–Trinajstić information content (AvgIpc) is 3.03. The van der Waals surface area contributed by atoms with E-state index in [4.69, 9.17) is 11.6 Å². The number of halogens is 2. The van der Waals surface area contributed by atoms with E-state index >= 15 is 0 Å². The number of benzene rings is 2. The minimum absolute atomic E-state index is 0.306. The number of nitrogens with one attached hydrogen (secondary N) is 1. The highest BCUT2D eigenvalue weighted by Crippen LogP contribution is 2.30. The maximum atomic E-state index is 12.8. The Morgan fingerprint density at radius 3 is 2.67 bits per heavy atom. The van der Waals surface area contributed by atoms with Crippen molar-refractivity contribution >= 4 is 40.1 Å². The van der Waals surface area contributed by atoms with E-state index in [0.717, 1.165) is 11.1 Å². The van der Waals surface area contributed by atoms with Gasteiger partial charge in [-0.25, -0.2) is 9.37 Å². The number of amides is 1. The number of rotatable bonds is 4. The molecule has 2 aromatic carbocycles. The first-order valence-electron chi connectivity index (χ1n) is 7.07. The Morgan fingerprint density at radius 2 is 1.92 bits per heavy atom. The van der Waals surface area contributed by atoms with Crippen molar-refractivity contribution in [1.82, 2.24) is 4.98 Å². The normalized spacial score (nSPS) is 10.9. The van der Waals surface area contributed by atoms with Crippen LogP contribution < -0.4 is 5.32 Å². The average molecular weight is 359 g/mol. The first-order valence-corrected chi connectivity index (χ1v) is 8.32. The fourth-order valence-electron chi connectivity index (χ4n) is 2.02. The van der Waals surface area contributed by atoms with Gasteiger partial charge < -0.3 is 0 Å². The van der Waals surface area contributed by atoms with Crippen LogP contribution in [0.4, 0.5) is 9.52 Å². The predicted octanol–water partition coefficient (Wildman–Crippen LogP) is 5.25. The van der Waals surface area contributed by atoms with Crippen molar-refractivity contribution < 1.29 is 9.18 Å². The van der Waals surface area contributed by atoms with Crippen molar-refractivity contribution in [3.8, 4) is 11.3 Å². The zero-order chi connectivity index (χ0) is 16.9. The van der Waals surface area contributed by atoms with E-state index in [1.807, 2.05) is 23.6 Å². The zero-order valence-corrected chi connectivity index (χ0v) is 13.9. The van der Waals surface area contributed by atoms with Gasteiger partial charge in [-0.05, 0) is 29.8 Å². The molecule has 0 fully saturated rings. The topological polar surface area (TPSA) is 42.0 Å². The minimum Gasteiger partial charge on any atom is -0.298 e. The fourth-order valence-corrected chi connectivity index (χ4v) is 2.96. The first kappa shape index (κ1) is 16.4. The van der Waals surface area contributed by atoms with Gasteiger partial charge in [-0.1, -0.05) is 41.9 Å². The number of hydrogen-bond acceptors (Lipinski definition) is 3. The summed E-state index contributed by atoms with van der Waals surface area (Å²) in [5.41, 5.74) is 2.27. The summed E-state index contributed by atoms with van der Waals surface area (Å²) in [6, 6.07) is 13.3. The molecule has 1 N–H and O–H groups in total. The van der Waals surface area contributed by atoms with Gasteiger partial charge in [0.2, 0.25) is 5.91 Å². The van der Waals surface area contributed by atoms with Gasteiger partial charge in [-0.3, -0.25) is 10.1 Å². The molecule has 1 amide bonds. The SMILES string of the molecule is O=C(C=Cc1ccc(F)cc1)Nc1nc(-c2ccccc2Cl)cs1. The maximum absolute atomic E-state index is 12.8. The number of carbonyl (C=O) groups is 1. The number of aromatic nitrogens is 1. The molecule has 0 aliphatic rings. The van der Waals surface area contributed by atoms with E-state index in [0.29, 0.717) is 15.8 Å². The van der Waals surface area contributed by atoms with Crippen LogP contribution in [0.2, 0.25) is 5.02 Å². The van der Waals surface area contributed by atoms with Gasteiger partial charge in [0.1, 0.15) is 5.82 Å². The van der Waals surface area contributed by atoms with Gasteiger partial charge in [0.15, 0.2) is 5.13 Å². The Kier molecular flexibility index (Phi) is 5.03. The monoisotopic (exact) mass is 358 g/mol. The molecule has 0 bridgehead atoms. The molecule has 0 saturated carbocycles. The van der Waals surface area contributed by atoms with E-state index in [2.05, 4.69) is 10.3 Å². The predicted molar refractivity (Wildman–Crippen MR) is 96.6 cm³/mol. The fraction of sp³-hybridized carbons (Fsp3) is 0. The standard InChI is InChI=1S/C18H12ClFN2OS/c19-15-4-2-1-3-14(15)16-11-24-18(21-16)22-17(23)10-7-12-5-8-13(20)9-6-12/h1-11H,(H,21,22,23). The third-order valence-corrected chi connectivity index (χ3v) is 4.27. The van der Waals surface area contributed by atoms with Crippen molar-refractivity contribution in [1.29, 1.82) is 0 Å². The molecule has 1 aromatic heterocycles. The third kappa shape index (κ3) is 4.07. The lowest BCUT2D eigenvalue weighted by Gasteiger charge is -1.99. The number of carbonyl (C=O) groups excluding carboxylic acids is 1. The lowest BCUT2D eigenvalue weighted by atomic mass is 10.2. The maximum Gasteiger partial charge on any atom is 0.250 e. The smallest absolute Gasteiger partial charge is 0.250 e. The molecule has 24 heavy (non-hydrogen) atoms. The zero-order valence-electron chi connectivity index (χ0n) is 12.4. The second-order valence-corrected chi connectivity index (χ2v) is 6.16. The van der Waals surface area contributed by atoms with E-state index in [1.54, 1.807) is 24.3 Å². The summed E-state index contributed by atoms with van der Waals surface area (Å²) in [5, 5.41) is 5.62. The van der Waals surface area contributed by atoms with Crippen LogP contribution in [0.1, 0.15) is 5.56 Å². The summed E-state index contributed by atoms with van der Waals surface area (Å²) in [4.78, 5) is 16.3. The molecule has 3 aromatic rings. The van der Waals surface area contributed by atoms with Crippen LogP contribution >= 0.6 is 22.9 Å². The molecule has 120 valence electrons. The quantitative estimate of drug-likeness (QED) is 0.647. The number of hydrogen-bond donors (Lipinski definition) is 1. The van der Waals surface area contributed by atoms with Crippen LogP contribution in [0.25, 0.3) is 17.3 Å². The summed E-state index contributed by atoms with van der Waals surface area (Å²) >= 11 is 7.46. The van der Waals surface area contributed by atoms with Crippen LogP contribution in [0.3, 0.4) is 0 Å². The van der Waals surface area contributed by atoms with E-state index in [9.17, 15) is 9.18 Å². The van der Waals surface area contributed by atoms with Crippen molar-refractivity contribution in [3.63, 3.8) is 0 Å². The van der Waals surface area contributed by atoms with Gasteiger partial charge in [-0.2, -0.15) is 0 Å². The largest absolute Gasteiger partial charge is 0.298 e. The van der Waals surface area contributed by atoms with Crippen molar-refractivity contribution in [2.75, 3.05) is 5.32 Å². The molecule has 0 aliphatic carbocycles. The molecular weight excluding hydrogens is 347 g/mol. The second kappa shape index (κ2) is 7.38. The third-order valence-electron chi connectivity index (χ3n) is 3.18. The van der Waals surface area contributed by atoms with E-state index in [-0.39, 0.29) is 11.7 Å². The molecule has 0 atom stereocenters. The molecule has 0 saturated heterocycles. The Hall–Kier alpha value is -2.50. The van der Waals surface area contributed by atoms with Gasteiger partial charge in [0.05, 0.1) is 5.69 Å². The molecular formula is C18H12ClFN2OS. The van der Waals surface area contributed by atoms with Crippen molar-refractivity contribution in [2.45, 2.75) is 0 Å². The number of anilines is 1. The summed E-state index contributed by atoms with van der Waals surface area (Å²) in [7, 11) is 0. The van der Waals surface area contributed by atoms with Crippen molar-refractivity contribution in [3.05, 3.63) is 76.4 Å². The lowest BCUT2D eigenvalue weighted by Crippen LogP contribution is -2.07. The first-order chi connectivity index (χ1) is 11.6. The molecule has 3 rings (SSSR count). The van der Waals surface area contributed by atoms with Crippen LogP contribution in [0, 0.1) is 5.82 Å². The summed E-state index contributed by atoms with van der Waals surface area (Å²) < 4.78 is 12.8. The molecule has 0 spiro atoms. The highest BCUT2D eigenvalue weighted by molar-refractivity contribution is 7.14. The minimum atomic E-state index is -0.313. The number of thiazole rings is 1. The molecule has 3 nitrogen and oxygen atoms in total. The molecule has 0 unspecified atom stereocenters. The van der Waals surface area contributed by atoms with Crippen LogP contribution in [-0.2, 0) is 4.79 Å². The Balaban J connectivity index is 1.67. The summed E-state index contributed by atoms with van der Waals surface area (Å²) in [6.07, 6.45) is 2.99. The van der Waals surface area contributed by atoms with Crippen LogP contribution in [0.15, 0.2) is 60.0 Å². The Labute approximate surface area is 147 Å². The molecule has 1 heterocycles.